The van der Waals surface area contributed by atoms with Crippen LogP contribution in [0, 0.1) is 11.8 Å². The monoisotopic (exact) mass is 320 g/mol. The van der Waals surface area contributed by atoms with Crippen LogP contribution in [0.15, 0.2) is 24.3 Å². The highest BCUT2D eigenvalue weighted by atomic mass is 35.5. The maximum Gasteiger partial charge on any atom is 0.317 e. The molecule has 3 atom stereocenters. The first-order chi connectivity index (χ1) is 10.7. The van der Waals surface area contributed by atoms with Crippen LogP contribution in [0.25, 0.3) is 0 Å². The number of benzene rings is 1. The van der Waals surface area contributed by atoms with Gasteiger partial charge in [-0.25, -0.2) is 4.79 Å². The second kappa shape index (κ2) is 6.91. The van der Waals surface area contributed by atoms with Gasteiger partial charge in [0.15, 0.2) is 0 Å². The normalized spacial score (nSPS) is 26.2. The Bertz CT molecular complexity index is 516. The zero-order valence-electron chi connectivity index (χ0n) is 13.2. The van der Waals surface area contributed by atoms with Gasteiger partial charge in [0.2, 0.25) is 0 Å². The van der Waals surface area contributed by atoms with Gasteiger partial charge in [0.05, 0.1) is 0 Å². The van der Waals surface area contributed by atoms with Gasteiger partial charge in [-0.1, -0.05) is 37.1 Å². The highest BCUT2D eigenvalue weighted by Crippen LogP contribution is 2.46. The van der Waals surface area contributed by atoms with Crippen molar-refractivity contribution in [1.29, 1.82) is 0 Å². The third kappa shape index (κ3) is 3.40. The molecule has 2 amide bonds. The number of halogens is 1. The van der Waals surface area contributed by atoms with Crippen LogP contribution in [0.5, 0.6) is 0 Å². The Hall–Kier alpha value is -1.22. The molecule has 2 fully saturated rings. The van der Waals surface area contributed by atoms with E-state index in [0.29, 0.717) is 18.5 Å². The highest BCUT2D eigenvalue weighted by Gasteiger charge is 2.43. The lowest BCUT2D eigenvalue weighted by molar-refractivity contribution is 0.143. The van der Waals surface area contributed by atoms with Crippen molar-refractivity contribution in [2.75, 3.05) is 6.54 Å². The van der Waals surface area contributed by atoms with Gasteiger partial charge < -0.3 is 10.2 Å². The summed E-state index contributed by atoms with van der Waals surface area (Å²) in [5.74, 6) is 1.53. The fraction of sp³-hybridized carbons (Fsp3) is 0.611. The van der Waals surface area contributed by atoms with Crippen LogP contribution in [0.3, 0.4) is 0 Å². The fourth-order valence-electron chi connectivity index (χ4n) is 4.05. The van der Waals surface area contributed by atoms with E-state index in [0.717, 1.165) is 29.5 Å². The second-order valence-electron chi connectivity index (χ2n) is 6.73. The van der Waals surface area contributed by atoms with Gasteiger partial charge in [0.1, 0.15) is 0 Å². The zero-order valence-corrected chi connectivity index (χ0v) is 14.0. The Labute approximate surface area is 138 Å². The number of fused-ring (bicyclic) bond motifs is 2. The molecule has 3 rings (SSSR count). The van der Waals surface area contributed by atoms with Crippen LogP contribution in [0.1, 0.15) is 44.6 Å². The van der Waals surface area contributed by atoms with Crippen LogP contribution in [0.4, 0.5) is 4.79 Å². The third-order valence-electron chi connectivity index (χ3n) is 5.15. The standard InChI is InChI=1S/C18H25ClN2O/c1-2-9-20-18(22)21(12-13-4-7-16(19)8-5-13)17-11-14-3-6-15(17)10-14/h4-5,7-8,14-15,17H,2-3,6,9-12H2,1H3,(H,20,22). The van der Waals surface area contributed by atoms with E-state index in [2.05, 4.69) is 17.1 Å². The largest absolute Gasteiger partial charge is 0.338 e. The van der Waals surface area contributed by atoms with Crippen molar-refractivity contribution in [3.8, 4) is 0 Å². The lowest BCUT2D eigenvalue weighted by atomic mass is 9.94. The van der Waals surface area contributed by atoms with E-state index in [1.54, 1.807) is 0 Å². The van der Waals surface area contributed by atoms with E-state index in [1.807, 2.05) is 24.3 Å². The van der Waals surface area contributed by atoms with Crippen LogP contribution >= 0.6 is 11.6 Å². The van der Waals surface area contributed by atoms with E-state index < -0.39 is 0 Å². The molecule has 3 nitrogen and oxygen atoms in total. The minimum atomic E-state index is 0.0920. The van der Waals surface area contributed by atoms with Crippen molar-refractivity contribution in [2.24, 2.45) is 11.8 Å². The Morgan fingerprint density at radius 2 is 2.05 bits per heavy atom. The number of hydrogen-bond donors (Lipinski definition) is 1. The van der Waals surface area contributed by atoms with Crippen molar-refractivity contribution in [1.82, 2.24) is 10.2 Å². The van der Waals surface area contributed by atoms with Gasteiger partial charge in [-0.05, 0) is 55.2 Å². The summed E-state index contributed by atoms with van der Waals surface area (Å²) >= 11 is 5.96. The molecule has 0 saturated heterocycles. The molecule has 0 spiro atoms. The quantitative estimate of drug-likeness (QED) is 0.854. The molecule has 2 aliphatic carbocycles. The van der Waals surface area contributed by atoms with E-state index in [1.165, 1.54) is 25.7 Å². The molecule has 2 saturated carbocycles. The molecule has 2 aliphatic rings. The number of urea groups is 1. The Morgan fingerprint density at radius 1 is 1.27 bits per heavy atom. The number of nitrogens with one attached hydrogen (secondary N) is 1. The van der Waals surface area contributed by atoms with Gasteiger partial charge in [-0.2, -0.15) is 0 Å². The summed E-state index contributed by atoms with van der Waals surface area (Å²) < 4.78 is 0. The maximum absolute atomic E-state index is 12.6. The molecule has 0 aliphatic heterocycles. The summed E-state index contributed by atoms with van der Waals surface area (Å²) in [7, 11) is 0. The number of carbonyl (C=O) groups excluding carboxylic acids is 1. The van der Waals surface area contributed by atoms with Crippen LogP contribution < -0.4 is 5.32 Å². The lowest BCUT2D eigenvalue weighted by Gasteiger charge is -2.35. The number of amides is 2. The number of hydrogen-bond acceptors (Lipinski definition) is 1. The summed E-state index contributed by atoms with van der Waals surface area (Å²) in [6.07, 6.45) is 6.10. The van der Waals surface area contributed by atoms with Crippen molar-refractivity contribution in [2.45, 2.75) is 51.6 Å². The molecule has 22 heavy (non-hydrogen) atoms. The topological polar surface area (TPSA) is 32.3 Å². The van der Waals surface area contributed by atoms with Crippen LogP contribution in [0.2, 0.25) is 5.02 Å². The van der Waals surface area contributed by atoms with Gasteiger partial charge >= 0.3 is 6.03 Å². The molecule has 1 aromatic carbocycles. The predicted molar refractivity (Wildman–Crippen MR) is 89.9 cm³/mol. The van der Waals surface area contributed by atoms with Crippen molar-refractivity contribution in [3.63, 3.8) is 0 Å². The van der Waals surface area contributed by atoms with Gasteiger partial charge in [-0.15, -0.1) is 0 Å². The van der Waals surface area contributed by atoms with E-state index in [9.17, 15) is 4.79 Å². The number of nitrogens with zero attached hydrogens (tertiary/aromatic N) is 1. The average molecular weight is 321 g/mol. The van der Waals surface area contributed by atoms with Crippen molar-refractivity contribution >= 4 is 17.6 Å². The molecule has 0 aromatic heterocycles. The molecule has 120 valence electrons. The molecular weight excluding hydrogens is 296 g/mol. The van der Waals surface area contributed by atoms with Crippen LogP contribution in [-0.4, -0.2) is 23.5 Å². The Balaban J connectivity index is 1.73. The molecule has 2 bridgehead atoms. The van der Waals surface area contributed by atoms with Gasteiger partial charge in [0.25, 0.3) is 0 Å². The molecule has 3 unspecified atom stereocenters. The molecule has 0 radical (unpaired) electrons. The number of rotatable bonds is 5. The first-order valence-electron chi connectivity index (χ1n) is 8.46. The highest BCUT2D eigenvalue weighted by molar-refractivity contribution is 6.30. The smallest absolute Gasteiger partial charge is 0.317 e. The van der Waals surface area contributed by atoms with Crippen molar-refractivity contribution in [3.05, 3.63) is 34.9 Å². The molecular formula is C18H25ClN2O. The Morgan fingerprint density at radius 3 is 2.64 bits per heavy atom. The number of carbonyl (C=O) groups is 1. The van der Waals surface area contributed by atoms with Gasteiger partial charge in [0, 0.05) is 24.2 Å². The third-order valence-corrected chi connectivity index (χ3v) is 5.41. The van der Waals surface area contributed by atoms with E-state index >= 15 is 0 Å². The maximum atomic E-state index is 12.6. The zero-order chi connectivity index (χ0) is 15.5. The molecule has 1 N–H and O–H groups in total. The minimum absolute atomic E-state index is 0.0920. The second-order valence-corrected chi connectivity index (χ2v) is 7.16. The average Bonchev–Trinajstić information content (AvgIpc) is 3.15. The first-order valence-corrected chi connectivity index (χ1v) is 8.84. The van der Waals surface area contributed by atoms with E-state index in [-0.39, 0.29) is 6.03 Å². The summed E-state index contributed by atoms with van der Waals surface area (Å²) in [6.45, 7) is 3.51. The van der Waals surface area contributed by atoms with Gasteiger partial charge in [-0.3, -0.25) is 0 Å². The lowest BCUT2D eigenvalue weighted by Crippen LogP contribution is -2.47. The molecule has 1 aromatic rings. The van der Waals surface area contributed by atoms with E-state index in [4.69, 9.17) is 11.6 Å². The molecule has 4 heteroatoms. The summed E-state index contributed by atoms with van der Waals surface area (Å²) in [6, 6.07) is 8.35. The summed E-state index contributed by atoms with van der Waals surface area (Å²) in [4.78, 5) is 14.7. The van der Waals surface area contributed by atoms with Crippen LogP contribution in [-0.2, 0) is 6.54 Å². The Kier molecular flexibility index (Phi) is 4.92. The fourth-order valence-corrected chi connectivity index (χ4v) is 4.18. The first kappa shape index (κ1) is 15.7. The predicted octanol–water partition coefficient (Wildman–Crippen LogP) is 4.45. The summed E-state index contributed by atoms with van der Waals surface area (Å²) in [5, 5.41) is 3.80. The SMILES string of the molecule is CCCNC(=O)N(Cc1ccc(Cl)cc1)C1CC2CCC1C2. The minimum Gasteiger partial charge on any atom is -0.338 e. The summed E-state index contributed by atoms with van der Waals surface area (Å²) in [5.41, 5.74) is 1.15. The van der Waals surface area contributed by atoms with Crippen molar-refractivity contribution < 1.29 is 4.79 Å². The molecule has 0 heterocycles.